The summed E-state index contributed by atoms with van der Waals surface area (Å²) in [5.74, 6) is 0. The van der Waals surface area contributed by atoms with Crippen molar-refractivity contribution in [3.05, 3.63) is 59.7 Å². The van der Waals surface area contributed by atoms with Gasteiger partial charge in [-0.2, -0.15) is 5.26 Å². The van der Waals surface area contributed by atoms with Gasteiger partial charge in [-0.15, -0.1) is 0 Å². The van der Waals surface area contributed by atoms with Gasteiger partial charge in [0.25, 0.3) is 0 Å². The molecule has 0 spiro atoms. The monoisotopic (exact) mass is 222 g/mol. The summed E-state index contributed by atoms with van der Waals surface area (Å²) in [6, 6.07) is 17.1. The van der Waals surface area contributed by atoms with Gasteiger partial charge in [-0.25, -0.2) is 0 Å². The summed E-state index contributed by atoms with van der Waals surface area (Å²) >= 11 is 0. The zero-order valence-electron chi connectivity index (χ0n) is 9.04. The number of benzene rings is 2. The molecule has 0 fully saturated rings. The van der Waals surface area contributed by atoms with Gasteiger partial charge in [0.15, 0.2) is 0 Å². The van der Waals surface area contributed by atoms with E-state index in [9.17, 15) is 0 Å². The molecular formula is C14H10N2O. The van der Waals surface area contributed by atoms with E-state index in [1.807, 2.05) is 42.5 Å². The van der Waals surface area contributed by atoms with Crippen LogP contribution in [0.1, 0.15) is 11.1 Å². The summed E-state index contributed by atoms with van der Waals surface area (Å²) < 4.78 is 0. The molecule has 2 aromatic rings. The molecule has 3 heteroatoms. The highest BCUT2D eigenvalue weighted by atomic mass is 16.4. The third-order valence-corrected chi connectivity index (χ3v) is 2.44. The smallest absolute Gasteiger partial charge is 0.0991 e. The van der Waals surface area contributed by atoms with Crippen molar-refractivity contribution < 1.29 is 5.21 Å². The Bertz CT molecular complexity index is 580. The Balaban J connectivity index is 2.36. The van der Waals surface area contributed by atoms with Gasteiger partial charge in [0.05, 0.1) is 17.8 Å². The average Bonchev–Trinajstić information content (AvgIpc) is 2.40. The molecule has 0 radical (unpaired) electrons. The Morgan fingerprint density at radius 1 is 1.06 bits per heavy atom. The Labute approximate surface area is 99.3 Å². The minimum Gasteiger partial charge on any atom is -0.411 e. The van der Waals surface area contributed by atoms with Crippen LogP contribution in [-0.2, 0) is 0 Å². The van der Waals surface area contributed by atoms with Crippen molar-refractivity contribution in [1.82, 2.24) is 0 Å². The normalized spacial score (nSPS) is 10.3. The summed E-state index contributed by atoms with van der Waals surface area (Å²) in [7, 11) is 0. The van der Waals surface area contributed by atoms with Gasteiger partial charge in [0.1, 0.15) is 0 Å². The van der Waals surface area contributed by atoms with E-state index in [-0.39, 0.29) is 0 Å². The van der Waals surface area contributed by atoms with Gasteiger partial charge in [-0.3, -0.25) is 0 Å². The highest BCUT2D eigenvalue weighted by Crippen LogP contribution is 2.20. The summed E-state index contributed by atoms with van der Waals surface area (Å²) in [4.78, 5) is 0. The van der Waals surface area contributed by atoms with Gasteiger partial charge in [-0.1, -0.05) is 41.6 Å². The number of hydrogen-bond acceptors (Lipinski definition) is 3. The number of rotatable bonds is 2. The van der Waals surface area contributed by atoms with Crippen LogP contribution >= 0.6 is 0 Å². The molecule has 3 nitrogen and oxygen atoms in total. The van der Waals surface area contributed by atoms with Gasteiger partial charge in [0.2, 0.25) is 0 Å². The van der Waals surface area contributed by atoms with E-state index in [4.69, 9.17) is 10.5 Å². The SMILES string of the molecule is N#Cc1cccc(-c2ccc(/C=N/O)cc2)c1. The Kier molecular flexibility index (Phi) is 3.18. The van der Waals surface area contributed by atoms with E-state index >= 15 is 0 Å². The van der Waals surface area contributed by atoms with Crippen molar-refractivity contribution in [3.63, 3.8) is 0 Å². The topological polar surface area (TPSA) is 56.4 Å². The minimum absolute atomic E-state index is 0.642. The van der Waals surface area contributed by atoms with E-state index in [1.54, 1.807) is 6.07 Å². The number of oxime groups is 1. The lowest BCUT2D eigenvalue weighted by Gasteiger charge is -2.02. The molecule has 0 saturated carbocycles. The van der Waals surface area contributed by atoms with Crippen molar-refractivity contribution in [3.8, 4) is 17.2 Å². The lowest BCUT2D eigenvalue weighted by molar-refractivity contribution is 0.322. The first-order valence-electron chi connectivity index (χ1n) is 5.11. The van der Waals surface area contributed by atoms with E-state index < -0.39 is 0 Å². The molecule has 0 aliphatic rings. The quantitative estimate of drug-likeness (QED) is 0.482. The second-order valence-corrected chi connectivity index (χ2v) is 3.56. The van der Waals surface area contributed by atoms with Crippen LogP contribution in [0, 0.1) is 11.3 Å². The summed E-state index contributed by atoms with van der Waals surface area (Å²) in [6.45, 7) is 0. The van der Waals surface area contributed by atoms with Crippen LogP contribution in [0.5, 0.6) is 0 Å². The summed E-state index contributed by atoms with van der Waals surface area (Å²) in [5.41, 5.74) is 3.49. The maximum Gasteiger partial charge on any atom is 0.0991 e. The maximum atomic E-state index is 8.83. The highest BCUT2D eigenvalue weighted by Gasteiger charge is 1.98. The number of nitriles is 1. The second kappa shape index (κ2) is 4.95. The molecular weight excluding hydrogens is 212 g/mol. The van der Waals surface area contributed by atoms with Crippen molar-refractivity contribution in [2.45, 2.75) is 0 Å². The lowest BCUT2D eigenvalue weighted by atomic mass is 10.0. The minimum atomic E-state index is 0.642. The lowest BCUT2D eigenvalue weighted by Crippen LogP contribution is -1.83. The van der Waals surface area contributed by atoms with Gasteiger partial charge < -0.3 is 5.21 Å². The highest BCUT2D eigenvalue weighted by molar-refractivity contribution is 5.80. The largest absolute Gasteiger partial charge is 0.411 e. The van der Waals surface area contributed by atoms with E-state index in [0.29, 0.717) is 5.56 Å². The molecule has 0 amide bonds. The third-order valence-electron chi connectivity index (χ3n) is 2.44. The van der Waals surface area contributed by atoms with Crippen LogP contribution in [0.4, 0.5) is 0 Å². The predicted octanol–water partition coefficient (Wildman–Crippen LogP) is 3.03. The molecule has 82 valence electrons. The zero-order chi connectivity index (χ0) is 12.1. The van der Waals surface area contributed by atoms with Crippen LogP contribution in [0.25, 0.3) is 11.1 Å². The maximum absolute atomic E-state index is 8.83. The average molecular weight is 222 g/mol. The van der Waals surface area contributed by atoms with Crippen LogP contribution < -0.4 is 0 Å². The molecule has 0 aromatic heterocycles. The molecule has 0 atom stereocenters. The van der Waals surface area contributed by atoms with Crippen LogP contribution in [0.3, 0.4) is 0 Å². The van der Waals surface area contributed by atoms with Crippen molar-refractivity contribution >= 4 is 6.21 Å². The Hall–Kier alpha value is -2.60. The second-order valence-electron chi connectivity index (χ2n) is 3.56. The number of hydrogen-bond donors (Lipinski definition) is 1. The van der Waals surface area contributed by atoms with Crippen LogP contribution in [0.2, 0.25) is 0 Å². The van der Waals surface area contributed by atoms with Crippen molar-refractivity contribution in [2.75, 3.05) is 0 Å². The third kappa shape index (κ3) is 2.50. The van der Waals surface area contributed by atoms with Crippen LogP contribution in [0.15, 0.2) is 53.7 Å². The fourth-order valence-electron chi connectivity index (χ4n) is 1.60. The predicted molar refractivity (Wildman–Crippen MR) is 66.0 cm³/mol. The van der Waals surface area contributed by atoms with Crippen LogP contribution in [-0.4, -0.2) is 11.4 Å². The first-order chi connectivity index (χ1) is 8.33. The molecule has 0 aliphatic heterocycles. The zero-order valence-corrected chi connectivity index (χ0v) is 9.04. The Morgan fingerprint density at radius 3 is 2.47 bits per heavy atom. The molecule has 2 aromatic carbocycles. The van der Waals surface area contributed by atoms with E-state index in [1.165, 1.54) is 6.21 Å². The summed E-state index contributed by atoms with van der Waals surface area (Å²) in [5, 5.41) is 20.2. The molecule has 1 N–H and O–H groups in total. The molecule has 0 saturated heterocycles. The fraction of sp³-hybridized carbons (Fsp3) is 0. The molecule has 2 rings (SSSR count). The molecule has 0 unspecified atom stereocenters. The van der Waals surface area contributed by atoms with Crippen molar-refractivity contribution in [1.29, 1.82) is 5.26 Å². The van der Waals surface area contributed by atoms with Crippen molar-refractivity contribution in [2.24, 2.45) is 5.16 Å². The number of nitrogens with zero attached hydrogens (tertiary/aromatic N) is 2. The van der Waals surface area contributed by atoms with Gasteiger partial charge in [0, 0.05) is 0 Å². The van der Waals surface area contributed by atoms with E-state index in [0.717, 1.165) is 16.7 Å². The molecule has 0 heterocycles. The van der Waals surface area contributed by atoms with Gasteiger partial charge >= 0.3 is 0 Å². The fourth-order valence-corrected chi connectivity index (χ4v) is 1.60. The molecule has 17 heavy (non-hydrogen) atoms. The first kappa shape index (κ1) is 10.9. The van der Waals surface area contributed by atoms with Gasteiger partial charge in [-0.05, 0) is 28.8 Å². The first-order valence-corrected chi connectivity index (χ1v) is 5.11. The molecule has 0 bridgehead atoms. The van der Waals surface area contributed by atoms with E-state index in [2.05, 4.69) is 11.2 Å². The summed E-state index contributed by atoms with van der Waals surface area (Å²) in [6.07, 6.45) is 1.37. The molecule has 0 aliphatic carbocycles. The Morgan fingerprint density at radius 2 is 1.82 bits per heavy atom. The standard InChI is InChI=1S/C14H10N2O/c15-9-12-2-1-3-14(8-12)13-6-4-11(5-7-13)10-16-17/h1-8,10,17H/b16-10+.